The highest BCUT2D eigenvalue weighted by atomic mass is 16.5. The van der Waals surface area contributed by atoms with Crippen molar-refractivity contribution in [1.29, 1.82) is 0 Å². The van der Waals surface area contributed by atoms with E-state index < -0.39 is 0 Å². The van der Waals surface area contributed by atoms with Crippen LogP contribution < -0.4 is 15.2 Å². The number of H-pyrrole nitrogens is 1. The SMILES string of the molecule is CCCCc1c(C)nc2nc(N(Cc3ccc(OCC)cc3)C(C)=O)[nH]n2c1=O. The van der Waals surface area contributed by atoms with Gasteiger partial charge in [-0.15, -0.1) is 0 Å². The van der Waals surface area contributed by atoms with Crippen LogP contribution in [0.25, 0.3) is 5.78 Å². The number of fused-ring (bicyclic) bond motifs is 1. The van der Waals surface area contributed by atoms with Gasteiger partial charge in [-0.25, -0.2) is 4.98 Å². The summed E-state index contributed by atoms with van der Waals surface area (Å²) in [5.74, 6) is 1.15. The standard InChI is InChI=1S/C21H27N5O3/c1-5-7-8-18-14(3)22-20-23-21(24-26(20)19(18)28)25(15(4)27)13-16-9-11-17(12-10-16)29-6-2/h9-12H,5-8,13H2,1-4H3,(H,22,23,24). The lowest BCUT2D eigenvalue weighted by Gasteiger charge is -2.17. The molecule has 0 unspecified atom stereocenters. The van der Waals surface area contributed by atoms with Crippen LogP contribution in [-0.2, 0) is 17.8 Å². The molecule has 154 valence electrons. The number of amides is 1. The number of ether oxygens (including phenoxy) is 1. The third-order valence-electron chi connectivity index (χ3n) is 4.77. The number of unbranched alkanes of at least 4 members (excludes halogenated alkanes) is 1. The van der Waals surface area contributed by atoms with Gasteiger partial charge in [0, 0.05) is 12.5 Å². The molecule has 0 fully saturated rings. The maximum absolute atomic E-state index is 12.9. The van der Waals surface area contributed by atoms with Gasteiger partial charge in [-0.05, 0) is 44.4 Å². The molecule has 3 aromatic rings. The van der Waals surface area contributed by atoms with Gasteiger partial charge in [0.15, 0.2) is 0 Å². The fraction of sp³-hybridized carbons (Fsp3) is 0.429. The predicted molar refractivity (Wildman–Crippen MR) is 111 cm³/mol. The fourth-order valence-corrected chi connectivity index (χ4v) is 3.18. The predicted octanol–water partition coefficient (Wildman–Crippen LogP) is 3.02. The molecular weight excluding hydrogens is 370 g/mol. The minimum Gasteiger partial charge on any atom is -0.494 e. The first-order valence-corrected chi connectivity index (χ1v) is 9.92. The minimum absolute atomic E-state index is 0.163. The van der Waals surface area contributed by atoms with E-state index in [-0.39, 0.29) is 17.2 Å². The number of carbonyl (C=O) groups excluding carboxylic acids is 1. The summed E-state index contributed by atoms with van der Waals surface area (Å²) in [6.07, 6.45) is 2.59. The lowest BCUT2D eigenvalue weighted by Crippen LogP contribution is -2.29. The van der Waals surface area contributed by atoms with Gasteiger partial charge in [-0.3, -0.25) is 19.6 Å². The molecule has 1 N–H and O–H groups in total. The van der Waals surface area contributed by atoms with Crippen molar-refractivity contribution in [3.63, 3.8) is 0 Å². The molecule has 0 saturated heterocycles. The lowest BCUT2D eigenvalue weighted by atomic mass is 10.1. The largest absolute Gasteiger partial charge is 0.494 e. The number of benzene rings is 1. The first-order chi connectivity index (χ1) is 13.9. The first kappa shape index (κ1) is 20.6. The third-order valence-corrected chi connectivity index (χ3v) is 4.77. The number of aryl methyl sites for hydroxylation is 1. The summed E-state index contributed by atoms with van der Waals surface area (Å²) < 4.78 is 6.78. The normalized spacial score (nSPS) is 11.0. The van der Waals surface area contributed by atoms with Crippen LogP contribution in [0.3, 0.4) is 0 Å². The number of carbonyl (C=O) groups is 1. The van der Waals surface area contributed by atoms with Crippen LogP contribution >= 0.6 is 0 Å². The molecule has 0 saturated carbocycles. The van der Waals surface area contributed by atoms with E-state index in [1.54, 1.807) is 0 Å². The van der Waals surface area contributed by atoms with Crippen molar-refractivity contribution in [3.8, 4) is 5.75 Å². The molecule has 0 radical (unpaired) electrons. The van der Waals surface area contributed by atoms with Gasteiger partial charge >= 0.3 is 0 Å². The molecule has 0 atom stereocenters. The maximum atomic E-state index is 12.9. The number of hydrogen-bond donors (Lipinski definition) is 1. The van der Waals surface area contributed by atoms with Crippen LogP contribution in [-0.4, -0.2) is 32.1 Å². The van der Waals surface area contributed by atoms with E-state index in [0.29, 0.717) is 36.8 Å². The highest BCUT2D eigenvalue weighted by Crippen LogP contribution is 2.17. The van der Waals surface area contributed by atoms with E-state index in [9.17, 15) is 9.59 Å². The molecule has 0 spiro atoms. The van der Waals surface area contributed by atoms with Crippen LogP contribution in [0.4, 0.5) is 5.95 Å². The molecule has 29 heavy (non-hydrogen) atoms. The Morgan fingerprint density at radius 2 is 1.93 bits per heavy atom. The van der Waals surface area contributed by atoms with Gasteiger partial charge in [-0.1, -0.05) is 25.5 Å². The summed E-state index contributed by atoms with van der Waals surface area (Å²) in [5, 5.41) is 2.95. The summed E-state index contributed by atoms with van der Waals surface area (Å²) in [7, 11) is 0. The summed E-state index contributed by atoms with van der Waals surface area (Å²) in [6, 6.07) is 7.54. The van der Waals surface area contributed by atoms with E-state index >= 15 is 0 Å². The molecule has 0 aliphatic carbocycles. The van der Waals surface area contributed by atoms with Crippen LogP contribution in [0.5, 0.6) is 5.75 Å². The second-order valence-electron chi connectivity index (χ2n) is 6.95. The highest BCUT2D eigenvalue weighted by Gasteiger charge is 2.19. The molecule has 8 nitrogen and oxygen atoms in total. The molecule has 0 aliphatic heterocycles. The Labute approximate surface area is 169 Å². The van der Waals surface area contributed by atoms with E-state index in [0.717, 1.165) is 24.2 Å². The van der Waals surface area contributed by atoms with Gasteiger partial charge in [0.25, 0.3) is 11.3 Å². The number of anilines is 1. The molecule has 1 aromatic carbocycles. The van der Waals surface area contributed by atoms with Gasteiger partial charge in [0.05, 0.1) is 18.8 Å². The summed E-state index contributed by atoms with van der Waals surface area (Å²) in [5.41, 5.74) is 2.12. The number of nitrogens with zero attached hydrogens (tertiary/aromatic N) is 4. The molecule has 0 aliphatic rings. The van der Waals surface area contributed by atoms with Crippen molar-refractivity contribution in [2.75, 3.05) is 11.5 Å². The van der Waals surface area contributed by atoms with E-state index in [4.69, 9.17) is 4.74 Å². The maximum Gasteiger partial charge on any atom is 0.277 e. The zero-order valence-corrected chi connectivity index (χ0v) is 17.4. The van der Waals surface area contributed by atoms with Crippen LogP contribution in [0, 0.1) is 6.92 Å². The molecule has 2 aromatic heterocycles. The monoisotopic (exact) mass is 397 g/mol. The summed E-state index contributed by atoms with van der Waals surface area (Å²) in [4.78, 5) is 35.5. The van der Waals surface area contributed by atoms with Gasteiger partial charge < -0.3 is 4.74 Å². The second-order valence-corrected chi connectivity index (χ2v) is 6.95. The van der Waals surface area contributed by atoms with Crippen molar-refractivity contribution >= 4 is 17.6 Å². The molecule has 8 heteroatoms. The van der Waals surface area contributed by atoms with E-state index in [1.807, 2.05) is 38.1 Å². The Morgan fingerprint density at radius 1 is 1.21 bits per heavy atom. The average Bonchev–Trinajstić information content (AvgIpc) is 3.11. The summed E-state index contributed by atoms with van der Waals surface area (Å²) in [6.45, 7) is 8.22. The number of hydrogen-bond acceptors (Lipinski definition) is 5. The summed E-state index contributed by atoms with van der Waals surface area (Å²) >= 11 is 0. The van der Waals surface area contributed by atoms with Crippen molar-refractivity contribution in [2.24, 2.45) is 0 Å². The van der Waals surface area contributed by atoms with Gasteiger partial charge in [-0.2, -0.15) is 9.50 Å². The third kappa shape index (κ3) is 4.47. The van der Waals surface area contributed by atoms with Crippen molar-refractivity contribution in [3.05, 3.63) is 51.4 Å². The Morgan fingerprint density at radius 3 is 2.55 bits per heavy atom. The highest BCUT2D eigenvalue weighted by molar-refractivity contribution is 5.89. The zero-order valence-electron chi connectivity index (χ0n) is 17.4. The van der Waals surface area contributed by atoms with Crippen LogP contribution in [0.2, 0.25) is 0 Å². The number of nitrogens with one attached hydrogen (secondary N) is 1. The Hall–Kier alpha value is -3.16. The molecule has 2 heterocycles. The average molecular weight is 397 g/mol. The van der Waals surface area contributed by atoms with Crippen molar-refractivity contribution in [1.82, 2.24) is 19.6 Å². The number of rotatable bonds is 8. The van der Waals surface area contributed by atoms with E-state index in [2.05, 4.69) is 22.0 Å². The quantitative estimate of drug-likeness (QED) is 0.631. The van der Waals surface area contributed by atoms with Crippen molar-refractivity contribution < 1.29 is 9.53 Å². The smallest absolute Gasteiger partial charge is 0.277 e. The first-order valence-electron chi connectivity index (χ1n) is 9.92. The molecule has 1 amide bonds. The Kier molecular flexibility index (Phi) is 6.31. The Balaban J connectivity index is 1.94. The second kappa shape index (κ2) is 8.89. The molecule has 0 bridgehead atoms. The number of aromatic nitrogens is 4. The van der Waals surface area contributed by atoms with Crippen LogP contribution in [0.1, 0.15) is 50.4 Å². The van der Waals surface area contributed by atoms with Crippen molar-refractivity contribution in [2.45, 2.75) is 53.5 Å². The van der Waals surface area contributed by atoms with Gasteiger partial charge in [0.1, 0.15) is 5.75 Å². The Bertz CT molecular complexity index is 1050. The fourth-order valence-electron chi connectivity index (χ4n) is 3.18. The van der Waals surface area contributed by atoms with E-state index in [1.165, 1.54) is 16.3 Å². The lowest BCUT2D eigenvalue weighted by molar-refractivity contribution is -0.116. The molecule has 3 rings (SSSR count). The minimum atomic E-state index is -0.186. The van der Waals surface area contributed by atoms with Crippen LogP contribution in [0.15, 0.2) is 29.1 Å². The number of aromatic amines is 1. The topological polar surface area (TPSA) is 92.6 Å². The molecular formula is C21H27N5O3. The zero-order chi connectivity index (χ0) is 21.0. The van der Waals surface area contributed by atoms with Gasteiger partial charge in [0.2, 0.25) is 11.9 Å².